The molecule has 3 aromatic carbocycles. The Morgan fingerprint density at radius 3 is 2.51 bits per heavy atom. The molecule has 7 nitrogen and oxygen atoms in total. The molecule has 1 atom stereocenters. The maximum Gasteiger partial charge on any atom is 0.258 e. The van der Waals surface area contributed by atoms with Crippen molar-refractivity contribution in [2.24, 2.45) is 5.10 Å². The normalized spacial score (nSPS) is 15.7. The molecule has 6 rings (SSSR count). The van der Waals surface area contributed by atoms with Crippen molar-refractivity contribution >= 4 is 49.5 Å². The van der Waals surface area contributed by atoms with Gasteiger partial charge in [-0.05, 0) is 35.9 Å². The smallest absolute Gasteiger partial charge is 0.258 e. The third-order valence-electron chi connectivity index (χ3n) is 6.28. The number of carbonyl (C=O) groups excluding carboxylic acids is 1. The number of hydrogen-bond donors (Lipinski definition) is 2. The van der Waals surface area contributed by atoms with Crippen LogP contribution < -0.4 is 5.56 Å². The van der Waals surface area contributed by atoms with Crippen LogP contribution in [0.5, 0.6) is 0 Å². The van der Waals surface area contributed by atoms with E-state index in [1.807, 2.05) is 72.8 Å². The lowest BCUT2D eigenvalue weighted by Crippen LogP contribution is -2.25. The highest BCUT2D eigenvalue weighted by Gasteiger charge is 2.35. The van der Waals surface area contributed by atoms with Gasteiger partial charge in [0.05, 0.1) is 22.3 Å². The summed E-state index contributed by atoms with van der Waals surface area (Å²) >= 11 is 3.56. The van der Waals surface area contributed by atoms with Crippen molar-refractivity contribution < 1.29 is 4.79 Å². The lowest BCUT2D eigenvalue weighted by molar-refractivity contribution is -0.130. The van der Waals surface area contributed by atoms with Crippen LogP contribution in [0.3, 0.4) is 0 Å². The van der Waals surface area contributed by atoms with Crippen LogP contribution in [0.4, 0.5) is 0 Å². The number of H-pyrrole nitrogens is 2. The summed E-state index contributed by atoms with van der Waals surface area (Å²) in [7, 11) is 0. The van der Waals surface area contributed by atoms with E-state index in [0.29, 0.717) is 23.5 Å². The van der Waals surface area contributed by atoms with Gasteiger partial charge in [-0.25, -0.2) is 9.99 Å². The lowest BCUT2D eigenvalue weighted by Gasteiger charge is -2.17. The van der Waals surface area contributed by atoms with Crippen molar-refractivity contribution in [3.05, 3.63) is 99.0 Å². The Balaban J connectivity index is 1.56. The number of benzene rings is 3. The average molecular weight is 526 g/mol. The molecule has 2 N–H and O–H groups in total. The second-order valence-electron chi connectivity index (χ2n) is 8.53. The maximum absolute atomic E-state index is 13.5. The zero-order valence-electron chi connectivity index (χ0n) is 18.7. The number of imidazole rings is 1. The van der Waals surface area contributed by atoms with Gasteiger partial charge in [0, 0.05) is 34.3 Å². The van der Waals surface area contributed by atoms with Gasteiger partial charge in [-0.1, -0.05) is 58.4 Å². The van der Waals surface area contributed by atoms with Gasteiger partial charge >= 0.3 is 0 Å². The van der Waals surface area contributed by atoms with Crippen molar-refractivity contribution in [3.63, 3.8) is 0 Å². The van der Waals surface area contributed by atoms with E-state index in [4.69, 9.17) is 4.98 Å². The Hall–Kier alpha value is -4.04. The molecule has 0 bridgehead atoms. The van der Waals surface area contributed by atoms with Crippen molar-refractivity contribution in [2.75, 3.05) is 0 Å². The third-order valence-corrected chi connectivity index (χ3v) is 6.78. The minimum absolute atomic E-state index is 0.216. The number of rotatable bonds is 3. The molecule has 0 saturated carbocycles. The second kappa shape index (κ2) is 8.32. The first-order valence-corrected chi connectivity index (χ1v) is 12.0. The fourth-order valence-electron chi connectivity index (χ4n) is 4.74. The number of amides is 1. The number of aromatic amines is 2. The quantitative estimate of drug-likeness (QED) is 0.324. The Labute approximate surface area is 208 Å². The van der Waals surface area contributed by atoms with Crippen LogP contribution in [0.2, 0.25) is 0 Å². The van der Waals surface area contributed by atoms with Crippen LogP contribution in [-0.2, 0) is 4.79 Å². The summed E-state index contributed by atoms with van der Waals surface area (Å²) in [6.45, 7) is 1.47. The molecule has 2 aromatic heterocycles. The number of para-hydroxylation sites is 2. The van der Waals surface area contributed by atoms with Gasteiger partial charge in [0.1, 0.15) is 11.9 Å². The van der Waals surface area contributed by atoms with Gasteiger partial charge in [0.15, 0.2) is 0 Å². The van der Waals surface area contributed by atoms with Gasteiger partial charge < -0.3 is 9.97 Å². The Bertz CT molecular complexity index is 1670. The summed E-state index contributed by atoms with van der Waals surface area (Å²) in [5, 5.41) is 6.99. The summed E-state index contributed by atoms with van der Waals surface area (Å²) < 4.78 is 0.902. The highest BCUT2D eigenvalue weighted by Crippen LogP contribution is 2.37. The van der Waals surface area contributed by atoms with Crippen LogP contribution in [0.1, 0.15) is 30.8 Å². The molecule has 8 heteroatoms. The fourth-order valence-corrected chi connectivity index (χ4v) is 5.10. The minimum atomic E-state index is -0.434. The molecule has 1 aliphatic heterocycles. The molecule has 35 heavy (non-hydrogen) atoms. The van der Waals surface area contributed by atoms with Crippen LogP contribution in [-0.4, -0.2) is 31.6 Å². The molecule has 0 radical (unpaired) electrons. The van der Waals surface area contributed by atoms with E-state index < -0.39 is 6.04 Å². The highest BCUT2D eigenvalue weighted by atomic mass is 79.9. The summed E-state index contributed by atoms with van der Waals surface area (Å²) in [6.07, 6.45) is 0.363. The van der Waals surface area contributed by atoms with Crippen LogP contribution in [0.15, 0.2) is 87.2 Å². The highest BCUT2D eigenvalue weighted by molar-refractivity contribution is 9.10. The Kier molecular flexibility index (Phi) is 5.11. The standard InChI is InChI=1S/C27H20BrN5O2/c1-15(34)33-23(26-29-20-9-5-6-10-21(20)30-26)14-22(32-33)25-24(16-7-3-2-4-8-16)18-13-17(28)11-12-19(18)31-27(25)35/h2-13,23H,14H2,1H3,(H,29,30)(H,31,35)/t23-/m0/s1. The van der Waals surface area contributed by atoms with Gasteiger partial charge in [0.25, 0.3) is 5.56 Å². The largest absolute Gasteiger partial charge is 0.340 e. The number of halogens is 1. The number of nitrogens with one attached hydrogen (secondary N) is 2. The summed E-state index contributed by atoms with van der Waals surface area (Å²) in [5.74, 6) is 0.424. The van der Waals surface area contributed by atoms with Crippen LogP contribution in [0.25, 0.3) is 33.1 Å². The van der Waals surface area contributed by atoms with Gasteiger partial charge in [0.2, 0.25) is 5.91 Å². The van der Waals surface area contributed by atoms with E-state index in [0.717, 1.165) is 37.5 Å². The first-order chi connectivity index (χ1) is 17.0. The van der Waals surface area contributed by atoms with Crippen LogP contribution >= 0.6 is 15.9 Å². The maximum atomic E-state index is 13.5. The molecule has 172 valence electrons. The van der Waals surface area contributed by atoms with E-state index >= 15 is 0 Å². The molecule has 1 aliphatic rings. The molecular weight excluding hydrogens is 506 g/mol. The average Bonchev–Trinajstić information content (AvgIpc) is 3.48. The molecular formula is C27H20BrN5O2. The number of nitrogens with zero attached hydrogens (tertiary/aromatic N) is 3. The molecule has 0 aliphatic carbocycles. The first-order valence-electron chi connectivity index (χ1n) is 11.2. The number of hydrogen-bond acceptors (Lipinski definition) is 4. The molecule has 5 aromatic rings. The van der Waals surface area contributed by atoms with E-state index in [2.05, 4.69) is 31.0 Å². The summed E-state index contributed by atoms with van der Waals surface area (Å²) in [4.78, 5) is 37.1. The lowest BCUT2D eigenvalue weighted by atomic mass is 9.92. The number of aromatic nitrogens is 3. The second-order valence-corrected chi connectivity index (χ2v) is 9.45. The molecule has 0 unspecified atom stereocenters. The first kappa shape index (κ1) is 21.5. The van der Waals surface area contributed by atoms with Crippen molar-refractivity contribution in [1.29, 1.82) is 0 Å². The predicted octanol–water partition coefficient (Wildman–Crippen LogP) is 5.53. The van der Waals surface area contributed by atoms with Crippen molar-refractivity contribution in [3.8, 4) is 11.1 Å². The number of fused-ring (bicyclic) bond motifs is 2. The molecule has 1 amide bonds. The molecule has 3 heterocycles. The van der Waals surface area contributed by atoms with Gasteiger partial charge in [-0.2, -0.15) is 5.10 Å². The van der Waals surface area contributed by atoms with E-state index in [1.165, 1.54) is 11.9 Å². The SMILES string of the molecule is CC(=O)N1N=C(c2c(-c3ccccc3)c3cc(Br)ccc3[nH]c2=O)C[C@H]1c1nc2ccccc2[nH]1. The van der Waals surface area contributed by atoms with Crippen LogP contribution in [0, 0.1) is 0 Å². The summed E-state index contributed by atoms with van der Waals surface area (Å²) in [5.41, 5.74) is 4.90. The zero-order valence-corrected chi connectivity index (χ0v) is 20.3. The summed E-state index contributed by atoms with van der Waals surface area (Å²) in [6, 6.07) is 22.8. The topological polar surface area (TPSA) is 94.2 Å². The zero-order chi connectivity index (χ0) is 24.1. The van der Waals surface area contributed by atoms with Crippen molar-refractivity contribution in [1.82, 2.24) is 20.0 Å². The molecule has 0 fully saturated rings. The monoisotopic (exact) mass is 525 g/mol. The number of hydrazone groups is 1. The van der Waals surface area contributed by atoms with E-state index in [9.17, 15) is 9.59 Å². The number of pyridine rings is 1. The van der Waals surface area contributed by atoms with Gasteiger partial charge in [-0.15, -0.1) is 0 Å². The van der Waals surface area contributed by atoms with Gasteiger partial charge in [-0.3, -0.25) is 9.59 Å². The Morgan fingerprint density at radius 2 is 1.74 bits per heavy atom. The molecule has 0 saturated heterocycles. The van der Waals surface area contributed by atoms with E-state index in [-0.39, 0.29) is 11.5 Å². The minimum Gasteiger partial charge on any atom is -0.340 e. The van der Waals surface area contributed by atoms with Crippen molar-refractivity contribution in [2.45, 2.75) is 19.4 Å². The predicted molar refractivity (Wildman–Crippen MR) is 140 cm³/mol. The molecule has 0 spiro atoms. The Morgan fingerprint density at radius 1 is 0.971 bits per heavy atom. The van der Waals surface area contributed by atoms with E-state index in [1.54, 1.807) is 0 Å². The number of carbonyl (C=O) groups is 1. The fraction of sp³-hybridized carbons (Fsp3) is 0.111. The third kappa shape index (κ3) is 3.66.